The Labute approximate surface area is 129 Å². The summed E-state index contributed by atoms with van der Waals surface area (Å²) in [6.07, 6.45) is 1.86. The number of piperidine rings is 1. The Bertz CT molecular complexity index is 640. The summed E-state index contributed by atoms with van der Waals surface area (Å²) in [6.45, 7) is 1.33. The van der Waals surface area contributed by atoms with Gasteiger partial charge < -0.3 is 4.90 Å². The lowest BCUT2D eigenvalue weighted by Gasteiger charge is -2.36. The van der Waals surface area contributed by atoms with Crippen molar-refractivity contribution in [2.24, 2.45) is 7.05 Å². The lowest BCUT2D eigenvalue weighted by molar-refractivity contribution is -0.125. The molecule has 1 aliphatic heterocycles. The number of likely N-dealkylation sites (N-methyl/N-ethyl adjacent to an activating group) is 1. The number of aryl methyl sites for hydroxylation is 1. The number of aromatic nitrogens is 4. The highest BCUT2D eigenvalue weighted by atomic mass is 16.2. The second-order valence-electron chi connectivity index (χ2n) is 5.62. The minimum absolute atomic E-state index is 0.134. The molecule has 2 heterocycles. The fourth-order valence-corrected chi connectivity index (χ4v) is 2.84. The van der Waals surface area contributed by atoms with Crippen LogP contribution in [0, 0.1) is 0 Å². The summed E-state index contributed by atoms with van der Waals surface area (Å²) < 4.78 is 1.64. The molecule has 116 valence electrons. The van der Waals surface area contributed by atoms with Gasteiger partial charge in [0.15, 0.2) is 5.82 Å². The van der Waals surface area contributed by atoms with Crippen molar-refractivity contribution in [2.75, 3.05) is 18.5 Å². The van der Waals surface area contributed by atoms with Crippen LogP contribution in [0.5, 0.6) is 0 Å². The van der Waals surface area contributed by atoms with Crippen LogP contribution in [0.3, 0.4) is 0 Å². The fourth-order valence-electron chi connectivity index (χ4n) is 2.84. The van der Waals surface area contributed by atoms with Gasteiger partial charge in [0.05, 0.1) is 12.6 Å². The summed E-state index contributed by atoms with van der Waals surface area (Å²) in [7, 11) is 3.76. The molecule has 1 aromatic carbocycles. The van der Waals surface area contributed by atoms with Gasteiger partial charge in [0.1, 0.15) is 0 Å². The first-order valence-electron chi connectivity index (χ1n) is 7.44. The van der Waals surface area contributed by atoms with Gasteiger partial charge in [-0.25, -0.2) is 4.68 Å². The summed E-state index contributed by atoms with van der Waals surface area (Å²) in [5, 5.41) is 11.5. The van der Waals surface area contributed by atoms with E-state index in [1.807, 2.05) is 54.2 Å². The van der Waals surface area contributed by atoms with Gasteiger partial charge in [-0.3, -0.25) is 9.69 Å². The maximum Gasteiger partial charge on any atom is 0.244 e. The van der Waals surface area contributed by atoms with Crippen molar-refractivity contribution in [2.45, 2.75) is 25.4 Å². The molecule has 0 aliphatic carbocycles. The van der Waals surface area contributed by atoms with Gasteiger partial charge in [0, 0.05) is 19.3 Å². The molecule has 1 unspecified atom stereocenters. The van der Waals surface area contributed by atoms with Crippen molar-refractivity contribution in [1.29, 1.82) is 0 Å². The molecular weight excluding hydrogens is 280 g/mol. The molecule has 3 rings (SSSR count). The fraction of sp³-hybridized carbons (Fsp3) is 0.467. The van der Waals surface area contributed by atoms with Crippen LogP contribution < -0.4 is 4.90 Å². The summed E-state index contributed by atoms with van der Waals surface area (Å²) in [5.41, 5.74) is 0.964. The van der Waals surface area contributed by atoms with E-state index in [0.717, 1.165) is 30.9 Å². The van der Waals surface area contributed by atoms with E-state index in [1.54, 1.807) is 4.68 Å². The lowest BCUT2D eigenvalue weighted by atomic mass is 10.0. The maximum absolute atomic E-state index is 12.8. The van der Waals surface area contributed by atoms with Crippen molar-refractivity contribution >= 4 is 11.6 Å². The van der Waals surface area contributed by atoms with Crippen molar-refractivity contribution in [3.05, 3.63) is 36.2 Å². The van der Waals surface area contributed by atoms with E-state index in [1.165, 1.54) is 0 Å². The molecule has 1 aromatic heterocycles. The summed E-state index contributed by atoms with van der Waals surface area (Å²) in [5.74, 6) is 0.905. The van der Waals surface area contributed by atoms with Crippen LogP contribution >= 0.6 is 0 Å². The Hall–Kier alpha value is -2.28. The Kier molecular flexibility index (Phi) is 4.15. The molecule has 0 bridgehead atoms. The number of para-hydroxylation sites is 1. The molecule has 7 nitrogen and oxygen atoms in total. The third kappa shape index (κ3) is 2.85. The van der Waals surface area contributed by atoms with E-state index in [0.29, 0.717) is 6.54 Å². The van der Waals surface area contributed by atoms with E-state index in [2.05, 4.69) is 15.5 Å². The number of nitrogens with zero attached hydrogens (tertiary/aromatic N) is 6. The Morgan fingerprint density at radius 2 is 2.09 bits per heavy atom. The lowest BCUT2D eigenvalue weighted by Crippen LogP contribution is -2.51. The molecule has 1 saturated heterocycles. The average Bonchev–Trinajstić information content (AvgIpc) is 2.93. The Morgan fingerprint density at radius 3 is 2.77 bits per heavy atom. The number of tetrazole rings is 1. The molecule has 7 heteroatoms. The summed E-state index contributed by atoms with van der Waals surface area (Å²) in [6, 6.07) is 9.70. The highest BCUT2D eigenvalue weighted by Crippen LogP contribution is 2.23. The van der Waals surface area contributed by atoms with Crippen LogP contribution in [0.15, 0.2) is 30.3 Å². The van der Waals surface area contributed by atoms with Gasteiger partial charge in [0.25, 0.3) is 0 Å². The van der Waals surface area contributed by atoms with Gasteiger partial charge in [-0.15, -0.1) is 5.10 Å². The minimum Gasteiger partial charge on any atom is -0.311 e. The first-order chi connectivity index (χ1) is 10.7. The van der Waals surface area contributed by atoms with Gasteiger partial charge >= 0.3 is 0 Å². The normalized spacial score (nSPS) is 19.0. The zero-order valence-corrected chi connectivity index (χ0v) is 12.9. The number of carbonyl (C=O) groups is 1. The molecule has 0 spiro atoms. The van der Waals surface area contributed by atoms with Crippen LogP contribution in [0.2, 0.25) is 0 Å². The number of benzene rings is 1. The molecule has 0 N–H and O–H groups in total. The van der Waals surface area contributed by atoms with Crippen molar-refractivity contribution < 1.29 is 4.79 Å². The molecular formula is C15H20N6O. The number of hydrogen-bond donors (Lipinski definition) is 0. The second kappa shape index (κ2) is 6.23. The molecule has 0 radical (unpaired) electrons. The van der Waals surface area contributed by atoms with Gasteiger partial charge in [0.2, 0.25) is 5.91 Å². The van der Waals surface area contributed by atoms with Crippen LogP contribution in [0.4, 0.5) is 5.69 Å². The van der Waals surface area contributed by atoms with E-state index in [9.17, 15) is 4.79 Å². The van der Waals surface area contributed by atoms with Crippen LogP contribution in [-0.2, 0) is 18.4 Å². The van der Waals surface area contributed by atoms with Crippen molar-refractivity contribution in [1.82, 2.24) is 25.1 Å². The Balaban J connectivity index is 1.73. The molecule has 1 amide bonds. The molecule has 1 atom stereocenters. The van der Waals surface area contributed by atoms with Gasteiger partial charge in [-0.2, -0.15) is 0 Å². The number of amides is 1. The number of hydrogen-bond acceptors (Lipinski definition) is 5. The smallest absolute Gasteiger partial charge is 0.244 e. The average molecular weight is 300 g/mol. The third-order valence-electron chi connectivity index (χ3n) is 4.11. The predicted octanol–water partition coefficient (Wildman–Crippen LogP) is 0.837. The monoisotopic (exact) mass is 300 g/mol. The summed E-state index contributed by atoms with van der Waals surface area (Å²) in [4.78, 5) is 16.7. The SMILES string of the molecule is CN(Cc1nnnn1C)C1CCCN(c2ccccc2)C1=O. The van der Waals surface area contributed by atoms with Crippen molar-refractivity contribution in [3.63, 3.8) is 0 Å². The molecule has 2 aromatic rings. The number of carbonyl (C=O) groups excluding carboxylic acids is 1. The van der Waals surface area contributed by atoms with E-state index in [4.69, 9.17) is 0 Å². The van der Waals surface area contributed by atoms with Gasteiger partial charge in [-0.1, -0.05) is 18.2 Å². The quantitative estimate of drug-likeness (QED) is 0.837. The van der Waals surface area contributed by atoms with E-state index in [-0.39, 0.29) is 11.9 Å². The predicted molar refractivity (Wildman–Crippen MR) is 82.1 cm³/mol. The van der Waals surface area contributed by atoms with E-state index >= 15 is 0 Å². The first kappa shape index (κ1) is 14.6. The molecule has 1 fully saturated rings. The van der Waals surface area contributed by atoms with Crippen LogP contribution in [0.25, 0.3) is 0 Å². The first-order valence-corrected chi connectivity index (χ1v) is 7.44. The zero-order chi connectivity index (χ0) is 15.5. The largest absolute Gasteiger partial charge is 0.311 e. The maximum atomic E-state index is 12.8. The zero-order valence-electron chi connectivity index (χ0n) is 12.9. The second-order valence-corrected chi connectivity index (χ2v) is 5.62. The highest BCUT2D eigenvalue weighted by Gasteiger charge is 2.32. The highest BCUT2D eigenvalue weighted by molar-refractivity contribution is 5.97. The topological polar surface area (TPSA) is 67.2 Å². The number of anilines is 1. The minimum atomic E-state index is -0.134. The van der Waals surface area contributed by atoms with Crippen LogP contribution in [-0.4, -0.2) is 50.6 Å². The summed E-state index contributed by atoms with van der Waals surface area (Å²) >= 11 is 0. The molecule has 1 aliphatic rings. The third-order valence-corrected chi connectivity index (χ3v) is 4.11. The van der Waals surface area contributed by atoms with Crippen molar-refractivity contribution in [3.8, 4) is 0 Å². The molecule has 22 heavy (non-hydrogen) atoms. The van der Waals surface area contributed by atoms with E-state index < -0.39 is 0 Å². The Morgan fingerprint density at radius 1 is 1.32 bits per heavy atom. The number of rotatable bonds is 4. The molecule has 0 saturated carbocycles. The van der Waals surface area contributed by atoms with Gasteiger partial charge in [-0.05, 0) is 42.4 Å². The van der Waals surface area contributed by atoms with Crippen LogP contribution in [0.1, 0.15) is 18.7 Å². The standard InChI is InChI=1S/C15H20N6O/c1-19(11-14-16-17-18-20(14)2)13-9-6-10-21(15(13)22)12-7-4-3-5-8-12/h3-5,7-8,13H,6,9-11H2,1-2H3.